The molecule has 0 radical (unpaired) electrons. The highest BCUT2D eigenvalue weighted by Crippen LogP contribution is 2.21. The predicted molar refractivity (Wildman–Crippen MR) is 82.6 cm³/mol. The smallest absolute Gasteiger partial charge is 0.0195 e. The summed E-state index contributed by atoms with van der Waals surface area (Å²) in [6.07, 6.45) is 6.86. The van der Waals surface area contributed by atoms with Crippen LogP contribution in [0.15, 0.2) is 0 Å². The number of hydrogen-bond acceptors (Lipinski definition) is 3. The van der Waals surface area contributed by atoms with Crippen molar-refractivity contribution in [3.63, 3.8) is 0 Å². The summed E-state index contributed by atoms with van der Waals surface area (Å²) in [6.45, 7) is 13.3. The van der Waals surface area contributed by atoms with Crippen LogP contribution in [0.2, 0.25) is 0 Å². The third-order valence-electron chi connectivity index (χ3n) is 4.96. The van der Waals surface area contributed by atoms with Gasteiger partial charge in [-0.15, -0.1) is 0 Å². The molecular weight excluding hydrogens is 234 g/mol. The molecule has 3 nitrogen and oxygen atoms in total. The Morgan fingerprint density at radius 3 is 2.63 bits per heavy atom. The molecule has 2 saturated heterocycles. The van der Waals surface area contributed by atoms with Gasteiger partial charge >= 0.3 is 0 Å². The number of hydrogen-bond donors (Lipinski definition) is 1. The summed E-state index contributed by atoms with van der Waals surface area (Å²) in [6, 6.07) is 2.23. The van der Waals surface area contributed by atoms with Gasteiger partial charge in [0.05, 0.1) is 0 Å². The first kappa shape index (κ1) is 15.3. The molecule has 2 fully saturated rings. The fourth-order valence-corrected chi connectivity index (χ4v) is 3.73. The van der Waals surface area contributed by atoms with Crippen molar-refractivity contribution in [3.8, 4) is 0 Å². The summed E-state index contributed by atoms with van der Waals surface area (Å²) >= 11 is 0. The van der Waals surface area contributed by atoms with E-state index in [1.165, 1.54) is 64.8 Å². The lowest BCUT2D eigenvalue weighted by Crippen LogP contribution is -2.47. The van der Waals surface area contributed by atoms with E-state index in [1.54, 1.807) is 0 Å². The minimum Gasteiger partial charge on any atom is -0.313 e. The third-order valence-corrected chi connectivity index (χ3v) is 4.96. The van der Waals surface area contributed by atoms with E-state index in [9.17, 15) is 0 Å². The second-order valence-electron chi connectivity index (χ2n) is 6.60. The van der Waals surface area contributed by atoms with Gasteiger partial charge in [0.2, 0.25) is 0 Å². The van der Waals surface area contributed by atoms with Crippen molar-refractivity contribution in [3.05, 3.63) is 0 Å². The third kappa shape index (κ3) is 4.44. The summed E-state index contributed by atoms with van der Waals surface area (Å²) in [5.74, 6) is 0. The molecule has 2 heterocycles. The fraction of sp³-hybridized carbons (Fsp3) is 1.00. The van der Waals surface area contributed by atoms with E-state index >= 15 is 0 Å². The lowest BCUT2D eigenvalue weighted by Gasteiger charge is -2.36. The van der Waals surface area contributed by atoms with E-state index in [2.05, 4.69) is 35.9 Å². The van der Waals surface area contributed by atoms with Crippen molar-refractivity contribution < 1.29 is 0 Å². The summed E-state index contributed by atoms with van der Waals surface area (Å²) < 4.78 is 0. The van der Waals surface area contributed by atoms with Gasteiger partial charge in [0.25, 0.3) is 0 Å². The molecule has 0 aromatic rings. The van der Waals surface area contributed by atoms with E-state index in [0.29, 0.717) is 6.04 Å². The molecule has 1 N–H and O–H groups in total. The molecule has 2 atom stereocenters. The summed E-state index contributed by atoms with van der Waals surface area (Å²) in [7, 11) is 0. The maximum absolute atomic E-state index is 3.66. The number of nitrogens with zero attached hydrogens (tertiary/aromatic N) is 2. The number of rotatable bonds is 5. The minimum atomic E-state index is 0.681. The average Bonchev–Trinajstić information content (AvgIpc) is 2.79. The zero-order valence-corrected chi connectivity index (χ0v) is 13.2. The van der Waals surface area contributed by atoms with Gasteiger partial charge in [0, 0.05) is 24.7 Å². The molecule has 112 valence electrons. The van der Waals surface area contributed by atoms with Crippen LogP contribution in [-0.2, 0) is 0 Å². The maximum atomic E-state index is 3.66. The normalized spacial score (nSPS) is 30.2. The zero-order valence-electron chi connectivity index (χ0n) is 13.2. The highest BCUT2D eigenvalue weighted by molar-refractivity contribution is 4.85. The van der Waals surface area contributed by atoms with Gasteiger partial charge in [0.1, 0.15) is 0 Å². The van der Waals surface area contributed by atoms with Gasteiger partial charge < -0.3 is 10.2 Å². The second kappa shape index (κ2) is 7.61. The Kier molecular flexibility index (Phi) is 6.11. The van der Waals surface area contributed by atoms with Crippen LogP contribution in [0.5, 0.6) is 0 Å². The average molecular weight is 267 g/mol. The molecule has 2 unspecified atom stereocenters. The van der Waals surface area contributed by atoms with E-state index in [1.807, 2.05) is 0 Å². The minimum absolute atomic E-state index is 0.681. The molecule has 0 aromatic heterocycles. The van der Waals surface area contributed by atoms with Crippen LogP contribution in [0.3, 0.4) is 0 Å². The van der Waals surface area contributed by atoms with Gasteiger partial charge in [-0.25, -0.2) is 0 Å². The zero-order chi connectivity index (χ0) is 13.7. The Balaban J connectivity index is 1.89. The van der Waals surface area contributed by atoms with Crippen LogP contribution in [0, 0.1) is 0 Å². The lowest BCUT2D eigenvalue weighted by atomic mass is 10.0. The van der Waals surface area contributed by atoms with E-state index in [-0.39, 0.29) is 0 Å². The molecule has 2 rings (SSSR count). The standard InChI is InChI=1S/C16H33N3/c1-4-18-11-6-8-16(9-12-18)19(14(2)3)13-15-7-5-10-17-15/h14-17H,4-13H2,1-3H3. The first-order chi connectivity index (χ1) is 9.20. The molecule has 0 spiro atoms. The van der Waals surface area contributed by atoms with Crippen LogP contribution in [0.1, 0.15) is 52.9 Å². The summed E-state index contributed by atoms with van der Waals surface area (Å²) in [5.41, 5.74) is 0. The lowest BCUT2D eigenvalue weighted by molar-refractivity contribution is 0.126. The summed E-state index contributed by atoms with van der Waals surface area (Å²) in [5, 5.41) is 3.66. The Hall–Kier alpha value is -0.120. The molecule has 0 aromatic carbocycles. The molecule has 0 aliphatic carbocycles. The van der Waals surface area contributed by atoms with Gasteiger partial charge in [0.15, 0.2) is 0 Å². The Morgan fingerprint density at radius 1 is 1.16 bits per heavy atom. The highest BCUT2D eigenvalue weighted by Gasteiger charge is 2.27. The van der Waals surface area contributed by atoms with Gasteiger partial charge in [-0.3, -0.25) is 4.90 Å². The second-order valence-corrected chi connectivity index (χ2v) is 6.60. The van der Waals surface area contributed by atoms with Crippen molar-refractivity contribution in [1.82, 2.24) is 15.1 Å². The van der Waals surface area contributed by atoms with Gasteiger partial charge in [-0.1, -0.05) is 6.92 Å². The molecule has 2 aliphatic rings. The first-order valence-electron chi connectivity index (χ1n) is 8.42. The molecule has 2 aliphatic heterocycles. The molecule has 0 bridgehead atoms. The molecule has 0 amide bonds. The van der Waals surface area contributed by atoms with Crippen molar-refractivity contribution >= 4 is 0 Å². The van der Waals surface area contributed by atoms with Crippen LogP contribution in [0.25, 0.3) is 0 Å². The van der Waals surface area contributed by atoms with Crippen LogP contribution in [-0.4, -0.2) is 60.6 Å². The monoisotopic (exact) mass is 267 g/mol. The van der Waals surface area contributed by atoms with Gasteiger partial charge in [-0.2, -0.15) is 0 Å². The van der Waals surface area contributed by atoms with Crippen molar-refractivity contribution in [2.75, 3.05) is 32.7 Å². The SMILES string of the molecule is CCN1CCCC(N(CC2CCCN2)C(C)C)CC1. The topological polar surface area (TPSA) is 18.5 Å². The van der Waals surface area contributed by atoms with Gasteiger partial charge in [-0.05, 0) is 72.1 Å². The van der Waals surface area contributed by atoms with E-state index in [4.69, 9.17) is 0 Å². The van der Waals surface area contributed by atoms with Crippen LogP contribution >= 0.6 is 0 Å². The Bertz CT molecular complexity index is 248. The number of nitrogens with one attached hydrogen (secondary N) is 1. The largest absolute Gasteiger partial charge is 0.313 e. The van der Waals surface area contributed by atoms with Crippen molar-refractivity contribution in [2.24, 2.45) is 0 Å². The Labute approximate surface area is 119 Å². The van der Waals surface area contributed by atoms with E-state index < -0.39 is 0 Å². The fourth-order valence-electron chi connectivity index (χ4n) is 3.73. The van der Waals surface area contributed by atoms with Crippen molar-refractivity contribution in [1.29, 1.82) is 0 Å². The summed E-state index contributed by atoms with van der Waals surface area (Å²) in [4.78, 5) is 5.40. The first-order valence-corrected chi connectivity index (χ1v) is 8.42. The molecule has 0 saturated carbocycles. The Morgan fingerprint density at radius 2 is 2.00 bits per heavy atom. The molecule has 19 heavy (non-hydrogen) atoms. The number of likely N-dealkylation sites (tertiary alicyclic amines) is 1. The highest BCUT2D eigenvalue weighted by atomic mass is 15.2. The van der Waals surface area contributed by atoms with Crippen molar-refractivity contribution in [2.45, 2.75) is 71.0 Å². The molecule has 3 heteroatoms. The maximum Gasteiger partial charge on any atom is 0.0195 e. The van der Waals surface area contributed by atoms with E-state index in [0.717, 1.165) is 12.1 Å². The quantitative estimate of drug-likeness (QED) is 0.825. The van der Waals surface area contributed by atoms with Crippen LogP contribution < -0.4 is 5.32 Å². The van der Waals surface area contributed by atoms with Crippen LogP contribution in [0.4, 0.5) is 0 Å². The molecular formula is C16H33N3. The predicted octanol–water partition coefficient (Wildman–Crippen LogP) is 2.32.